The number of rotatable bonds is 5. The zero-order valence-corrected chi connectivity index (χ0v) is 13.7. The van der Waals surface area contributed by atoms with Gasteiger partial charge in [-0.15, -0.1) is 0 Å². The fourth-order valence-electron chi connectivity index (χ4n) is 3.01. The van der Waals surface area contributed by atoms with Crippen molar-refractivity contribution >= 4 is 11.7 Å². The number of carboxylic acids is 1. The number of nitrogens with zero attached hydrogens (tertiary/aromatic N) is 3. The number of piperazine rings is 1. The van der Waals surface area contributed by atoms with Crippen LogP contribution in [0.3, 0.4) is 0 Å². The highest BCUT2D eigenvalue weighted by molar-refractivity contribution is 5.88. The molecule has 0 amide bonds. The summed E-state index contributed by atoms with van der Waals surface area (Å²) in [5.41, 5.74) is 2.00. The number of para-hydroxylation sites is 2. The Labute approximate surface area is 141 Å². The number of hydrogen-bond donors (Lipinski definition) is 1. The summed E-state index contributed by atoms with van der Waals surface area (Å²) in [7, 11) is 1.68. The molecule has 0 unspecified atom stereocenters. The van der Waals surface area contributed by atoms with Crippen molar-refractivity contribution < 1.29 is 14.6 Å². The molecule has 1 aliphatic heterocycles. The fraction of sp³-hybridized carbons (Fsp3) is 0.333. The van der Waals surface area contributed by atoms with Crippen LogP contribution >= 0.6 is 0 Å². The third-order valence-electron chi connectivity index (χ3n) is 4.29. The molecule has 0 saturated carbocycles. The molecular formula is C18H21N3O3. The third-order valence-corrected chi connectivity index (χ3v) is 4.29. The molecule has 3 rings (SSSR count). The van der Waals surface area contributed by atoms with Crippen molar-refractivity contribution in [2.45, 2.75) is 6.54 Å². The van der Waals surface area contributed by atoms with Crippen LogP contribution in [0.5, 0.6) is 5.75 Å². The monoisotopic (exact) mass is 327 g/mol. The van der Waals surface area contributed by atoms with Crippen LogP contribution in [0, 0.1) is 0 Å². The van der Waals surface area contributed by atoms with Crippen molar-refractivity contribution in [3.8, 4) is 5.75 Å². The summed E-state index contributed by atoms with van der Waals surface area (Å²) in [6.07, 6.45) is 1.65. The number of ether oxygens (including phenoxy) is 1. The SMILES string of the molecule is COc1ccccc1N1CCN(Cc2ncccc2C(=O)O)CC1. The Morgan fingerprint density at radius 2 is 1.92 bits per heavy atom. The third kappa shape index (κ3) is 3.49. The summed E-state index contributed by atoms with van der Waals surface area (Å²) in [4.78, 5) is 20.1. The number of methoxy groups -OCH3 is 1. The number of hydrogen-bond acceptors (Lipinski definition) is 5. The first-order valence-corrected chi connectivity index (χ1v) is 7.96. The van der Waals surface area contributed by atoms with E-state index < -0.39 is 5.97 Å². The second-order valence-electron chi connectivity index (χ2n) is 5.74. The van der Waals surface area contributed by atoms with Gasteiger partial charge in [-0.2, -0.15) is 0 Å². The summed E-state index contributed by atoms with van der Waals surface area (Å²) in [5.74, 6) is -0.0467. The summed E-state index contributed by atoms with van der Waals surface area (Å²) in [6.45, 7) is 4.01. The summed E-state index contributed by atoms with van der Waals surface area (Å²) >= 11 is 0. The first kappa shape index (κ1) is 16.3. The molecule has 0 spiro atoms. The van der Waals surface area contributed by atoms with Crippen molar-refractivity contribution in [3.63, 3.8) is 0 Å². The molecule has 0 radical (unpaired) electrons. The van der Waals surface area contributed by atoms with Crippen LogP contribution in [0.4, 0.5) is 5.69 Å². The number of anilines is 1. The smallest absolute Gasteiger partial charge is 0.337 e. The lowest BCUT2D eigenvalue weighted by molar-refractivity contribution is 0.0693. The normalized spacial score (nSPS) is 15.3. The van der Waals surface area contributed by atoms with Crippen LogP contribution in [0.15, 0.2) is 42.6 Å². The molecular weight excluding hydrogens is 306 g/mol. The van der Waals surface area contributed by atoms with Gasteiger partial charge in [0.25, 0.3) is 0 Å². The van der Waals surface area contributed by atoms with Crippen LogP contribution in [-0.2, 0) is 6.54 Å². The highest BCUT2D eigenvalue weighted by Crippen LogP contribution is 2.28. The minimum Gasteiger partial charge on any atom is -0.495 e. The van der Waals surface area contributed by atoms with Gasteiger partial charge in [-0.3, -0.25) is 9.88 Å². The van der Waals surface area contributed by atoms with E-state index in [9.17, 15) is 9.90 Å². The summed E-state index contributed by atoms with van der Waals surface area (Å²) in [6, 6.07) is 11.3. The second-order valence-corrected chi connectivity index (χ2v) is 5.74. The Morgan fingerprint density at radius 3 is 2.62 bits per heavy atom. The van der Waals surface area contributed by atoms with Gasteiger partial charge in [0.05, 0.1) is 24.1 Å². The minimum atomic E-state index is -0.925. The summed E-state index contributed by atoms with van der Waals surface area (Å²) in [5, 5.41) is 9.26. The molecule has 0 atom stereocenters. The van der Waals surface area contributed by atoms with E-state index in [0.717, 1.165) is 37.6 Å². The highest BCUT2D eigenvalue weighted by atomic mass is 16.5. The maximum absolute atomic E-state index is 11.3. The Hall–Kier alpha value is -2.60. The Kier molecular flexibility index (Phi) is 4.96. The van der Waals surface area contributed by atoms with Gasteiger partial charge in [-0.1, -0.05) is 12.1 Å². The van der Waals surface area contributed by atoms with Crippen molar-refractivity contribution in [2.24, 2.45) is 0 Å². The van der Waals surface area contributed by atoms with Crippen molar-refractivity contribution in [1.82, 2.24) is 9.88 Å². The Bertz CT molecular complexity index is 712. The molecule has 24 heavy (non-hydrogen) atoms. The molecule has 2 heterocycles. The van der Waals surface area contributed by atoms with E-state index in [-0.39, 0.29) is 5.56 Å². The van der Waals surface area contributed by atoms with Gasteiger partial charge in [-0.05, 0) is 24.3 Å². The van der Waals surface area contributed by atoms with Crippen molar-refractivity contribution in [2.75, 3.05) is 38.2 Å². The van der Waals surface area contributed by atoms with Crippen molar-refractivity contribution in [1.29, 1.82) is 0 Å². The number of carbonyl (C=O) groups is 1. The van der Waals surface area contributed by atoms with Gasteiger partial charge < -0.3 is 14.7 Å². The fourth-order valence-corrected chi connectivity index (χ4v) is 3.01. The van der Waals surface area contributed by atoms with E-state index in [1.165, 1.54) is 0 Å². The number of carboxylic acid groups (broad SMARTS) is 1. The zero-order chi connectivity index (χ0) is 16.9. The molecule has 1 fully saturated rings. The maximum Gasteiger partial charge on any atom is 0.337 e. The molecule has 0 aliphatic carbocycles. The largest absolute Gasteiger partial charge is 0.495 e. The standard InChI is InChI=1S/C18H21N3O3/c1-24-17-7-3-2-6-16(17)21-11-9-20(10-12-21)13-15-14(18(22)23)5-4-8-19-15/h2-8H,9-13H2,1H3,(H,22,23). The number of aromatic carboxylic acids is 1. The van der Waals surface area contributed by atoms with Gasteiger partial charge >= 0.3 is 5.97 Å². The first-order valence-electron chi connectivity index (χ1n) is 7.96. The molecule has 1 saturated heterocycles. The lowest BCUT2D eigenvalue weighted by Gasteiger charge is -2.36. The van der Waals surface area contributed by atoms with E-state index in [1.807, 2.05) is 18.2 Å². The molecule has 1 aliphatic rings. The van der Waals surface area contributed by atoms with Crippen LogP contribution in [0.25, 0.3) is 0 Å². The van der Waals surface area contributed by atoms with Crippen LogP contribution in [0.2, 0.25) is 0 Å². The molecule has 126 valence electrons. The molecule has 1 aromatic carbocycles. The lowest BCUT2D eigenvalue weighted by atomic mass is 10.1. The maximum atomic E-state index is 11.3. The van der Waals surface area contributed by atoms with E-state index in [1.54, 1.807) is 25.4 Å². The molecule has 1 N–H and O–H groups in total. The van der Waals surface area contributed by atoms with E-state index in [4.69, 9.17) is 4.74 Å². The Balaban J connectivity index is 1.65. The van der Waals surface area contributed by atoms with Gasteiger partial charge in [0, 0.05) is 38.9 Å². The number of aromatic nitrogens is 1. The van der Waals surface area contributed by atoms with E-state index in [0.29, 0.717) is 12.2 Å². The van der Waals surface area contributed by atoms with Crippen LogP contribution < -0.4 is 9.64 Å². The predicted molar refractivity (Wildman–Crippen MR) is 91.7 cm³/mol. The molecule has 6 heteroatoms. The highest BCUT2D eigenvalue weighted by Gasteiger charge is 2.21. The van der Waals surface area contributed by atoms with Gasteiger partial charge in [0.2, 0.25) is 0 Å². The predicted octanol–water partition coefficient (Wildman–Crippen LogP) is 2.11. The lowest BCUT2D eigenvalue weighted by Crippen LogP contribution is -2.46. The minimum absolute atomic E-state index is 0.282. The first-order chi connectivity index (χ1) is 11.7. The van der Waals surface area contributed by atoms with E-state index in [2.05, 4.69) is 20.9 Å². The van der Waals surface area contributed by atoms with Crippen LogP contribution in [0.1, 0.15) is 16.1 Å². The number of benzene rings is 1. The molecule has 1 aromatic heterocycles. The second kappa shape index (κ2) is 7.31. The molecule has 6 nitrogen and oxygen atoms in total. The van der Waals surface area contributed by atoms with Gasteiger partial charge in [0.1, 0.15) is 5.75 Å². The zero-order valence-electron chi connectivity index (χ0n) is 13.7. The average Bonchev–Trinajstić information content (AvgIpc) is 2.62. The van der Waals surface area contributed by atoms with E-state index >= 15 is 0 Å². The van der Waals surface area contributed by atoms with Crippen LogP contribution in [-0.4, -0.2) is 54.2 Å². The topological polar surface area (TPSA) is 65.9 Å². The molecule has 0 bridgehead atoms. The van der Waals surface area contributed by atoms with Gasteiger partial charge in [0.15, 0.2) is 0 Å². The van der Waals surface area contributed by atoms with Gasteiger partial charge in [-0.25, -0.2) is 4.79 Å². The average molecular weight is 327 g/mol. The van der Waals surface area contributed by atoms with Crippen molar-refractivity contribution in [3.05, 3.63) is 53.9 Å². The number of pyridine rings is 1. The molecule has 2 aromatic rings. The summed E-state index contributed by atoms with van der Waals surface area (Å²) < 4.78 is 5.43. The quantitative estimate of drug-likeness (QED) is 0.907. The Morgan fingerprint density at radius 1 is 1.17 bits per heavy atom.